The largest absolute Gasteiger partial charge is 0.497 e. The fourth-order valence-electron chi connectivity index (χ4n) is 3.59. The van der Waals surface area contributed by atoms with Crippen LogP contribution in [0.5, 0.6) is 5.75 Å². The summed E-state index contributed by atoms with van der Waals surface area (Å²) in [7, 11) is 2.89. The van der Waals surface area contributed by atoms with Gasteiger partial charge in [0.15, 0.2) is 0 Å². The van der Waals surface area contributed by atoms with Crippen LogP contribution in [-0.2, 0) is 25.7 Å². The van der Waals surface area contributed by atoms with E-state index in [1.807, 2.05) is 0 Å². The van der Waals surface area contributed by atoms with Crippen molar-refractivity contribution in [3.8, 4) is 5.75 Å². The Morgan fingerprint density at radius 1 is 1.06 bits per heavy atom. The molecule has 0 saturated carbocycles. The Morgan fingerprint density at radius 2 is 1.75 bits per heavy atom. The number of thioether (sulfide) groups is 1. The number of fused-ring (bicyclic) bond motifs is 1. The van der Waals surface area contributed by atoms with Gasteiger partial charge in [0.1, 0.15) is 29.5 Å². The summed E-state index contributed by atoms with van der Waals surface area (Å²) in [6, 6.07) is 13.2. The Kier molecular flexibility index (Phi) is 6.20. The van der Waals surface area contributed by atoms with Crippen LogP contribution < -0.4 is 10.5 Å². The zero-order valence-corrected chi connectivity index (χ0v) is 18.4. The second-order valence-corrected chi connectivity index (χ2v) is 8.36. The molecule has 2 aliphatic heterocycles. The summed E-state index contributed by atoms with van der Waals surface area (Å²) in [6.45, 7) is 0.0484. The predicted octanol–water partition coefficient (Wildman–Crippen LogP) is 2.18. The van der Waals surface area contributed by atoms with Gasteiger partial charge in [0.25, 0.3) is 0 Å². The van der Waals surface area contributed by atoms with Crippen molar-refractivity contribution < 1.29 is 28.6 Å². The Labute approximate surface area is 189 Å². The lowest BCUT2D eigenvalue weighted by Crippen LogP contribution is -2.68. The van der Waals surface area contributed by atoms with E-state index in [0.717, 1.165) is 5.56 Å². The number of nitrogens with zero attached hydrogens (tertiary/aromatic N) is 1. The highest BCUT2D eigenvalue weighted by molar-refractivity contribution is 8.00. The molecule has 2 heterocycles. The number of carbonyl (C=O) groups is 3. The third-order valence-corrected chi connectivity index (χ3v) is 6.69. The van der Waals surface area contributed by atoms with Gasteiger partial charge in [-0.15, -0.1) is 11.8 Å². The molecule has 0 aromatic heterocycles. The molecule has 2 aromatic carbocycles. The fraction of sp³-hybridized carbons (Fsp3) is 0.261. The number of rotatable bonds is 6. The zero-order valence-electron chi connectivity index (χ0n) is 17.6. The SMILES string of the molecule is COC(=O)c1ccc(C2=C(C(=O)OCc3ccc(OC)cc3)N3C(=O)[C@@H](N)[C@@H]3SC2)cc1. The minimum atomic E-state index is -0.646. The van der Waals surface area contributed by atoms with E-state index in [4.69, 9.17) is 19.9 Å². The van der Waals surface area contributed by atoms with E-state index in [1.165, 1.54) is 23.8 Å². The topological polar surface area (TPSA) is 108 Å². The molecule has 0 radical (unpaired) electrons. The molecule has 0 spiro atoms. The van der Waals surface area contributed by atoms with E-state index in [2.05, 4.69) is 0 Å². The first-order valence-corrected chi connectivity index (χ1v) is 10.9. The van der Waals surface area contributed by atoms with Crippen LogP contribution in [0.25, 0.3) is 5.57 Å². The second kappa shape index (κ2) is 9.05. The quantitative estimate of drug-likeness (QED) is 0.523. The van der Waals surface area contributed by atoms with Gasteiger partial charge in [-0.2, -0.15) is 0 Å². The first-order chi connectivity index (χ1) is 15.4. The maximum atomic E-state index is 13.1. The van der Waals surface area contributed by atoms with Gasteiger partial charge in [0.2, 0.25) is 5.91 Å². The Hall–Kier alpha value is -3.30. The number of ether oxygens (including phenoxy) is 3. The standard InChI is InChI=1S/C23H22N2O6S/c1-29-16-9-3-13(4-10-16)11-31-23(28)19-17(12-32-21-18(24)20(26)25(19)21)14-5-7-15(8-6-14)22(27)30-2/h3-10,18,21H,11-12,24H2,1-2H3/t18-,21+/m1/s1. The van der Waals surface area contributed by atoms with E-state index >= 15 is 0 Å². The number of hydrogen-bond donors (Lipinski definition) is 1. The number of methoxy groups -OCH3 is 2. The van der Waals surface area contributed by atoms with Gasteiger partial charge in [0.05, 0.1) is 19.8 Å². The van der Waals surface area contributed by atoms with E-state index in [1.54, 1.807) is 55.6 Å². The number of esters is 2. The summed E-state index contributed by atoms with van der Waals surface area (Å²) < 4.78 is 15.4. The highest BCUT2D eigenvalue weighted by Gasteiger charge is 2.52. The average molecular weight is 455 g/mol. The molecule has 2 aliphatic rings. The van der Waals surface area contributed by atoms with Crippen LogP contribution in [0.15, 0.2) is 54.2 Å². The van der Waals surface area contributed by atoms with E-state index in [-0.39, 0.29) is 23.6 Å². The number of nitrogens with two attached hydrogens (primary N) is 1. The third-order valence-electron chi connectivity index (χ3n) is 5.39. The Balaban J connectivity index is 1.62. The molecule has 0 bridgehead atoms. The summed E-state index contributed by atoms with van der Waals surface area (Å²) in [4.78, 5) is 38.7. The normalized spacial score (nSPS) is 19.7. The molecule has 32 heavy (non-hydrogen) atoms. The van der Waals surface area contributed by atoms with E-state index < -0.39 is 18.0 Å². The van der Waals surface area contributed by atoms with Crippen molar-refractivity contribution in [2.45, 2.75) is 18.0 Å². The van der Waals surface area contributed by atoms with E-state index in [9.17, 15) is 14.4 Å². The first kappa shape index (κ1) is 21.9. The molecule has 166 valence electrons. The number of amides is 1. The van der Waals surface area contributed by atoms with E-state index in [0.29, 0.717) is 28.2 Å². The predicted molar refractivity (Wildman–Crippen MR) is 119 cm³/mol. The zero-order chi connectivity index (χ0) is 22.8. The van der Waals surface area contributed by atoms with Crippen molar-refractivity contribution in [2.75, 3.05) is 20.0 Å². The van der Waals surface area contributed by atoms with Crippen molar-refractivity contribution in [1.29, 1.82) is 0 Å². The van der Waals surface area contributed by atoms with Gasteiger partial charge in [-0.3, -0.25) is 9.69 Å². The number of carbonyl (C=O) groups excluding carboxylic acids is 3. The molecule has 2 aromatic rings. The molecule has 0 unspecified atom stereocenters. The van der Waals surface area contributed by atoms with Crippen LogP contribution in [0.2, 0.25) is 0 Å². The number of benzene rings is 2. The molecule has 1 saturated heterocycles. The van der Waals surface area contributed by atoms with Crippen molar-refractivity contribution in [3.63, 3.8) is 0 Å². The Morgan fingerprint density at radius 3 is 2.38 bits per heavy atom. The smallest absolute Gasteiger partial charge is 0.355 e. The van der Waals surface area contributed by atoms with Crippen molar-refractivity contribution in [2.24, 2.45) is 5.73 Å². The van der Waals surface area contributed by atoms with Crippen LogP contribution in [0.3, 0.4) is 0 Å². The lowest BCUT2D eigenvalue weighted by Gasteiger charge is -2.48. The monoisotopic (exact) mass is 454 g/mol. The van der Waals surface area contributed by atoms with Gasteiger partial charge in [0, 0.05) is 11.3 Å². The minimum Gasteiger partial charge on any atom is -0.497 e. The van der Waals surface area contributed by atoms with Crippen LogP contribution in [0.4, 0.5) is 0 Å². The molecule has 0 aliphatic carbocycles. The van der Waals surface area contributed by atoms with Gasteiger partial charge in [-0.25, -0.2) is 9.59 Å². The van der Waals surface area contributed by atoms with Crippen molar-refractivity contribution in [3.05, 3.63) is 70.9 Å². The first-order valence-electron chi connectivity index (χ1n) is 9.86. The molecule has 2 N–H and O–H groups in total. The summed E-state index contributed by atoms with van der Waals surface area (Å²) in [5.41, 5.74) is 8.68. The highest BCUT2D eigenvalue weighted by atomic mass is 32.2. The molecule has 4 rings (SSSR count). The van der Waals surface area contributed by atoms with Crippen LogP contribution in [0.1, 0.15) is 21.5 Å². The Bertz CT molecular complexity index is 1080. The number of β-lactam (4-membered cyclic amide) rings is 1. The molecule has 2 atom stereocenters. The fourth-order valence-corrected chi connectivity index (χ4v) is 4.91. The van der Waals surface area contributed by atoms with Crippen LogP contribution >= 0.6 is 11.8 Å². The van der Waals surface area contributed by atoms with Gasteiger partial charge >= 0.3 is 11.9 Å². The van der Waals surface area contributed by atoms with Crippen molar-refractivity contribution in [1.82, 2.24) is 4.90 Å². The average Bonchev–Trinajstić information content (AvgIpc) is 2.85. The van der Waals surface area contributed by atoms with Crippen LogP contribution in [-0.4, -0.2) is 54.1 Å². The second-order valence-electron chi connectivity index (χ2n) is 7.26. The molecule has 8 nitrogen and oxygen atoms in total. The third kappa shape index (κ3) is 3.96. The minimum absolute atomic E-state index is 0.0484. The highest BCUT2D eigenvalue weighted by Crippen LogP contribution is 2.43. The van der Waals surface area contributed by atoms with Gasteiger partial charge < -0.3 is 19.9 Å². The molecule has 1 amide bonds. The number of hydrogen-bond acceptors (Lipinski definition) is 8. The summed E-state index contributed by atoms with van der Waals surface area (Å²) in [5, 5.41) is -0.302. The molecular formula is C23H22N2O6S. The van der Waals surface area contributed by atoms with Crippen molar-refractivity contribution >= 4 is 35.2 Å². The lowest BCUT2D eigenvalue weighted by atomic mass is 9.98. The maximum absolute atomic E-state index is 13.1. The summed E-state index contributed by atoms with van der Waals surface area (Å²) in [5.74, 6) is -0.188. The van der Waals surface area contributed by atoms with Crippen LogP contribution in [0, 0.1) is 0 Å². The lowest BCUT2D eigenvalue weighted by molar-refractivity contribution is -0.151. The van der Waals surface area contributed by atoms with Gasteiger partial charge in [-0.1, -0.05) is 24.3 Å². The van der Waals surface area contributed by atoms with Gasteiger partial charge in [-0.05, 0) is 35.4 Å². The summed E-state index contributed by atoms with van der Waals surface area (Å²) >= 11 is 1.49. The maximum Gasteiger partial charge on any atom is 0.355 e. The molecule has 9 heteroatoms. The molecule has 1 fully saturated rings. The molecular weight excluding hydrogens is 432 g/mol. The summed E-state index contributed by atoms with van der Waals surface area (Å²) in [6.07, 6.45) is 0.